The van der Waals surface area contributed by atoms with Crippen molar-refractivity contribution >= 4 is 22.2 Å². The molecule has 1 aromatic rings. The van der Waals surface area contributed by atoms with Gasteiger partial charge in [0, 0.05) is 18.3 Å². The molecule has 1 atom stereocenters. The summed E-state index contributed by atoms with van der Waals surface area (Å²) in [6.07, 6.45) is 4.38. The normalized spacial score (nSPS) is 23.2. The lowest BCUT2D eigenvalue weighted by Crippen LogP contribution is -2.09. The van der Waals surface area contributed by atoms with Crippen LogP contribution in [0.15, 0.2) is 44.3 Å². The minimum Gasteiger partial charge on any atom is -0.373 e. The predicted octanol–water partition coefficient (Wildman–Crippen LogP) is 3.04. The van der Waals surface area contributed by atoms with E-state index in [0.29, 0.717) is 0 Å². The van der Waals surface area contributed by atoms with Crippen molar-refractivity contribution in [2.75, 3.05) is 14.1 Å². The van der Waals surface area contributed by atoms with Crippen LogP contribution in [0.4, 0.5) is 0 Å². The predicted molar refractivity (Wildman–Crippen MR) is 62.5 cm³/mol. The van der Waals surface area contributed by atoms with Crippen LogP contribution in [0.5, 0.6) is 0 Å². The topological polar surface area (TPSA) is 3.24 Å². The van der Waals surface area contributed by atoms with Gasteiger partial charge in [-0.3, -0.25) is 0 Å². The molecule has 0 fully saturated rings. The van der Waals surface area contributed by atoms with Crippen LogP contribution in [0.1, 0.15) is 0 Å². The van der Waals surface area contributed by atoms with Crippen LogP contribution >= 0.6 is 22.2 Å². The smallest absolute Gasteiger partial charge is 0.0586 e. The van der Waals surface area contributed by atoms with E-state index in [4.69, 9.17) is 0 Å². The second-order valence-electron chi connectivity index (χ2n) is 3.08. The molecule has 1 nitrogen and oxygen atoms in total. The van der Waals surface area contributed by atoms with E-state index in [1.54, 1.807) is 0 Å². The van der Waals surface area contributed by atoms with Gasteiger partial charge >= 0.3 is 0 Å². The zero-order valence-corrected chi connectivity index (χ0v) is 9.48. The van der Waals surface area contributed by atoms with Crippen LogP contribution in [-0.4, -0.2) is 19.0 Å². The number of allylic oxidation sites excluding steroid dienone is 2. The summed E-state index contributed by atoms with van der Waals surface area (Å²) in [5.74, 6) is 0. The highest BCUT2D eigenvalue weighted by Gasteiger charge is 2.14. The molecule has 1 aromatic heterocycles. The van der Waals surface area contributed by atoms with Crippen molar-refractivity contribution < 1.29 is 0 Å². The third kappa shape index (κ3) is 1.67. The average Bonchev–Trinajstić information content (AvgIpc) is 2.74. The first-order valence-corrected chi connectivity index (χ1v) is 6.46. The van der Waals surface area contributed by atoms with Crippen molar-refractivity contribution in [2.45, 2.75) is 4.21 Å². The Bertz CT molecular complexity index is 336. The number of thiol groups is 1. The highest BCUT2D eigenvalue weighted by atomic mass is 32.2. The van der Waals surface area contributed by atoms with Crippen molar-refractivity contribution in [1.29, 1.82) is 0 Å². The molecule has 2 heterocycles. The molecule has 1 unspecified atom stereocenters. The van der Waals surface area contributed by atoms with Crippen molar-refractivity contribution in [3.05, 3.63) is 40.1 Å². The van der Waals surface area contributed by atoms with Crippen molar-refractivity contribution in [3.8, 4) is 0 Å². The van der Waals surface area contributed by atoms with Gasteiger partial charge in [-0.15, -0.1) is 11.3 Å². The van der Waals surface area contributed by atoms with E-state index in [2.05, 4.69) is 54.1 Å². The van der Waals surface area contributed by atoms with Crippen LogP contribution in [0.2, 0.25) is 0 Å². The lowest BCUT2D eigenvalue weighted by Gasteiger charge is -2.23. The van der Waals surface area contributed by atoms with Gasteiger partial charge in [-0.1, -0.05) is 12.1 Å². The minimum atomic E-state index is -0.181. The molecule has 0 bridgehead atoms. The van der Waals surface area contributed by atoms with Gasteiger partial charge in [-0.05, 0) is 22.9 Å². The van der Waals surface area contributed by atoms with E-state index in [1.807, 2.05) is 11.3 Å². The average molecular weight is 211 g/mol. The third-order valence-corrected chi connectivity index (χ3v) is 5.64. The third-order valence-electron chi connectivity index (χ3n) is 1.93. The summed E-state index contributed by atoms with van der Waals surface area (Å²) in [5.41, 5.74) is 0. The standard InChI is InChI=1S/C10H13NS2/c1-11(2)9-5-4-8-13(9)10-6-3-7-12-10/h3-8,13H,1-2H3. The Morgan fingerprint density at radius 2 is 2.23 bits per heavy atom. The Hall–Kier alpha value is -0.670. The lowest BCUT2D eigenvalue weighted by molar-refractivity contribution is 0.550. The number of hydrogen-bond acceptors (Lipinski definition) is 2. The summed E-state index contributed by atoms with van der Waals surface area (Å²) in [6.45, 7) is 0. The summed E-state index contributed by atoms with van der Waals surface area (Å²) in [5, 5.41) is 5.91. The van der Waals surface area contributed by atoms with Gasteiger partial charge < -0.3 is 4.90 Å². The van der Waals surface area contributed by atoms with E-state index in [-0.39, 0.29) is 10.9 Å². The molecular weight excluding hydrogens is 198 g/mol. The molecule has 0 N–H and O–H groups in total. The number of hydrogen-bond donors (Lipinski definition) is 1. The number of thiophene rings is 1. The SMILES string of the molecule is CN(C)C1=CC=C[SH]1c1cccs1. The van der Waals surface area contributed by atoms with E-state index < -0.39 is 0 Å². The van der Waals surface area contributed by atoms with Crippen LogP contribution in [0.25, 0.3) is 0 Å². The van der Waals surface area contributed by atoms with E-state index in [9.17, 15) is 0 Å². The summed E-state index contributed by atoms with van der Waals surface area (Å²) in [7, 11) is 4.04. The zero-order chi connectivity index (χ0) is 9.26. The molecule has 0 radical (unpaired) electrons. The highest BCUT2D eigenvalue weighted by Crippen LogP contribution is 2.50. The molecule has 0 saturated carbocycles. The molecule has 0 saturated heterocycles. The summed E-state index contributed by atoms with van der Waals surface area (Å²) >= 11 is 1.85. The second kappa shape index (κ2) is 3.60. The number of nitrogens with zero attached hydrogens (tertiary/aromatic N) is 1. The van der Waals surface area contributed by atoms with Crippen LogP contribution < -0.4 is 0 Å². The monoisotopic (exact) mass is 211 g/mol. The van der Waals surface area contributed by atoms with Gasteiger partial charge in [0.1, 0.15) is 0 Å². The zero-order valence-electron chi connectivity index (χ0n) is 7.77. The fourth-order valence-corrected chi connectivity index (χ4v) is 4.59. The Balaban J connectivity index is 2.26. The van der Waals surface area contributed by atoms with E-state index in [1.165, 1.54) is 9.24 Å². The van der Waals surface area contributed by atoms with Crippen molar-refractivity contribution in [2.24, 2.45) is 0 Å². The Kier molecular flexibility index (Phi) is 2.47. The van der Waals surface area contributed by atoms with Crippen LogP contribution in [0.3, 0.4) is 0 Å². The maximum Gasteiger partial charge on any atom is 0.0586 e. The first-order chi connectivity index (χ1) is 6.29. The molecule has 1 aliphatic heterocycles. The van der Waals surface area contributed by atoms with Crippen LogP contribution in [-0.2, 0) is 0 Å². The van der Waals surface area contributed by atoms with Gasteiger partial charge in [-0.2, -0.15) is 10.9 Å². The lowest BCUT2D eigenvalue weighted by atomic mass is 10.6. The second-order valence-corrected chi connectivity index (χ2v) is 6.31. The molecule has 0 spiro atoms. The molecule has 0 aliphatic carbocycles. The Morgan fingerprint density at radius 3 is 2.85 bits per heavy atom. The van der Waals surface area contributed by atoms with Crippen molar-refractivity contribution in [3.63, 3.8) is 0 Å². The molecule has 13 heavy (non-hydrogen) atoms. The van der Waals surface area contributed by atoms with Gasteiger partial charge in [0.2, 0.25) is 0 Å². The molecule has 0 aromatic carbocycles. The first-order valence-electron chi connectivity index (χ1n) is 4.17. The quantitative estimate of drug-likeness (QED) is 0.736. The number of rotatable bonds is 2. The molecule has 1 aliphatic rings. The Morgan fingerprint density at radius 1 is 1.38 bits per heavy atom. The molecule has 70 valence electrons. The maximum atomic E-state index is 2.32. The maximum absolute atomic E-state index is 2.32. The van der Waals surface area contributed by atoms with Gasteiger partial charge in [0.05, 0.1) is 5.03 Å². The first kappa shape index (κ1) is 8.91. The molecule has 3 heteroatoms. The van der Waals surface area contributed by atoms with Gasteiger partial charge in [-0.25, -0.2) is 0 Å². The van der Waals surface area contributed by atoms with E-state index in [0.717, 1.165) is 0 Å². The minimum absolute atomic E-state index is 0.181. The fourth-order valence-electron chi connectivity index (χ4n) is 1.33. The Labute approximate surface area is 85.7 Å². The summed E-state index contributed by atoms with van der Waals surface area (Å²) in [6, 6.07) is 4.35. The largest absolute Gasteiger partial charge is 0.373 e. The molecular formula is C10H13NS2. The van der Waals surface area contributed by atoms with Crippen molar-refractivity contribution in [1.82, 2.24) is 4.90 Å². The summed E-state index contributed by atoms with van der Waals surface area (Å²) < 4.78 is 1.49. The highest BCUT2D eigenvalue weighted by molar-refractivity contribution is 8.24. The van der Waals surface area contributed by atoms with Gasteiger partial charge in [0.25, 0.3) is 0 Å². The summed E-state index contributed by atoms with van der Waals surface area (Å²) in [4.78, 5) is 2.21. The molecule has 2 rings (SSSR count). The fraction of sp³-hybridized carbons (Fsp3) is 0.200. The molecule has 0 amide bonds. The van der Waals surface area contributed by atoms with Crippen LogP contribution in [0, 0.1) is 0 Å². The van der Waals surface area contributed by atoms with E-state index >= 15 is 0 Å². The van der Waals surface area contributed by atoms with Gasteiger partial charge in [0.15, 0.2) is 0 Å².